The number of amides is 3. The first-order valence-corrected chi connectivity index (χ1v) is 11.7. The van der Waals surface area contributed by atoms with E-state index in [0.717, 1.165) is 0 Å². The third-order valence-corrected chi connectivity index (χ3v) is 5.25. The van der Waals surface area contributed by atoms with Gasteiger partial charge >= 0.3 is 0 Å². The van der Waals surface area contributed by atoms with Crippen LogP contribution in [0.25, 0.3) is 0 Å². The number of halogens is 1. The van der Waals surface area contributed by atoms with Crippen LogP contribution in [-0.4, -0.2) is 46.7 Å². The van der Waals surface area contributed by atoms with Gasteiger partial charge in [0.2, 0.25) is 5.91 Å². The lowest BCUT2D eigenvalue weighted by atomic mass is 10.1. The SMILES string of the molecule is CC(O)C(NC(=O)c1ccc(C#CC#Cc2ccc(NC(=O)CNc3ccc(F)cc3)cc2)cc1)C(=O)NO. The highest BCUT2D eigenvalue weighted by atomic mass is 19.1. The smallest absolute Gasteiger partial charge is 0.268 e. The van der Waals surface area contributed by atoms with E-state index in [2.05, 4.69) is 39.6 Å². The first kappa shape index (κ1) is 28.4. The Bertz CT molecular complexity index is 1430. The molecule has 0 aliphatic rings. The molecule has 0 aromatic heterocycles. The molecule has 0 radical (unpaired) electrons. The van der Waals surface area contributed by atoms with Crippen LogP contribution in [0.3, 0.4) is 0 Å². The maximum absolute atomic E-state index is 12.9. The summed E-state index contributed by atoms with van der Waals surface area (Å²) in [6.45, 7) is 1.33. The number of nitrogens with one attached hydrogen (secondary N) is 4. The van der Waals surface area contributed by atoms with Gasteiger partial charge in [-0.2, -0.15) is 0 Å². The van der Waals surface area contributed by atoms with E-state index in [1.165, 1.54) is 36.7 Å². The summed E-state index contributed by atoms with van der Waals surface area (Å²) >= 11 is 0. The van der Waals surface area contributed by atoms with Crippen molar-refractivity contribution in [1.82, 2.24) is 10.8 Å². The van der Waals surface area contributed by atoms with Crippen LogP contribution >= 0.6 is 0 Å². The molecule has 9 nitrogen and oxygen atoms in total. The zero-order valence-electron chi connectivity index (χ0n) is 20.8. The molecule has 2 unspecified atom stereocenters. The number of carbonyl (C=O) groups excluding carboxylic acids is 3. The molecule has 0 fully saturated rings. The Balaban J connectivity index is 1.50. The van der Waals surface area contributed by atoms with Crippen molar-refractivity contribution >= 4 is 29.1 Å². The molecule has 0 bridgehead atoms. The summed E-state index contributed by atoms with van der Waals surface area (Å²) in [5, 5.41) is 26.4. The van der Waals surface area contributed by atoms with Crippen LogP contribution in [0.1, 0.15) is 28.4 Å². The number of benzene rings is 3. The van der Waals surface area contributed by atoms with Crippen LogP contribution in [0.4, 0.5) is 15.8 Å². The van der Waals surface area contributed by atoms with E-state index in [-0.39, 0.29) is 23.8 Å². The zero-order chi connectivity index (χ0) is 28.2. The minimum Gasteiger partial charge on any atom is -0.391 e. The molecule has 0 spiro atoms. The lowest BCUT2D eigenvalue weighted by Crippen LogP contribution is -2.51. The van der Waals surface area contributed by atoms with Gasteiger partial charge in [0.25, 0.3) is 11.8 Å². The molecule has 0 saturated carbocycles. The molecule has 6 N–H and O–H groups in total. The quantitative estimate of drug-likeness (QED) is 0.151. The second-order valence-electron chi connectivity index (χ2n) is 8.23. The Morgan fingerprint density at radius 1 is 0.846 bits per heavy atom. The van der Waals surface area contributed by atoms with E-state index in [4.69, 9.17) is 5.21 Å². The van der Waals surface area contributed by atoms with Crippen molar-refractivity contribution in [3.05, 3.63) is 95.3 Å². The van der Waals surface area contributed by atoms with Gasteiger partial charge in [-0.05, 0) is 91.6 Å². The minimum atomic E-state index is -1.31. The molecule has 3 rings (SSSR count). The summed E-state index contributed by atoms with van der Waals surface area (Å²) in [6, 6.07) is 17.5. The van der Waals surface area contributed by atoms with E-state index in [9.17, 15) is 23.9 Å². The summed E-state index contributed by atoms with van der Waals surface area (Å²) in [7, 11) is 0. The van der Waals surface area contributed by atoms with E-state index >= 15 is 0 Å². The Morgan fingerprint density at radius 2 is 1.38 bits per heavy atom. The van der Waals surface area contributed by atoms with Gasteiger partial charge in [0.1, 0.15) is 11.9 Å². The molecule has 10 heteroatoms. The van der Waals surface area contributed by atoms with Crippen LogP contribution in [-0.2, 0) is 9.59 Å². The predicted molar refractivity (Wildman–Crippen MR) is 143 cm³/mol. The molecule has 3 amide bonds. The average molecular weight is 529 g/mol. The highest BCUT2D eigenvalue weighted by Crippen LogP contribution is 2.10. The normalized spacial score (nSPS) is 11.4. The Labute approximate surface area is 224 Å². The molecule has 198 valence electrons. The topological polar surface area (TPSA) is 140 Å². The molecule has 0 aliphatic carbocycles. The summed E-state index contributed by atoms with van der Waals surface area (Å²) in [6.07, 6.45) is -1.21. The van der Waals surface area contributed by atoms with Crippen LogP contribution < -0.4 is 21.4 Å². The van der Waals surface area contributed by atoms with E-state index < -0.39 is 24.0 Å². The third kappa shape index (κ3) is 9.02. The van der Waals surface area contributed by atoms with E-state index in [1.54, 1.807) is 48.5 Å². The van der Waals surface area contributed by atoms with Gasteiger partial charge in [-0.3, -0.25) is 19.6 Å². The molecule has 2 atom stereocenters. The summed E-state index contributed by atoms with van der Waals surface area (Å²) < 4.78 is 12.9. The lowest BCUT2D eigenvalue weighted by molar-refractivity contribution is -0.133. The van der Waals surface area contributed by atoms with Gasteiger partial charge in [-0.1, -0.05) is 11.8 Å². The fourth-order valence-corrected chi connectivity index (χ4v) is 3.20. The van der Waals surface area contributed by atoms with Crippen LogP contribution in [0, 0.1) is 29.5 Å². The minimum absolute atomic E-state index is 0.0255. The molecular weight excluding hydrogens is 503 g/mol. The molecule has 0 saturated heterocycles. The number of aliphatic hydroxyl groups excluding tert-OH is 1. The van der Waals surface area contributed by atoms with Crippen molar-refractivity contribution in [3.63, 3.8) is 0 Å². The maximum Gasteiger partial charge on any atom is 0.268 e. The fraction of sp³-hybridized carbons (Fsp3) is 0.138. The van der Waals surface area contributed by atoms with Crippen molar-refractivity contribution in [2.24, 2.45) is 0 Å². The fourth-order valence-electron chi connectivity index (χ4n) is 3.20. The van der Waals surface area contributed by atoms with Crippen LogP contribution in [0.2, 0.25) is 0 Å². The number of hydrogen-bond acceptors (Lipinski definition) is 6. The van der Waals surface area contributed by atoms with Gasteiger partial charge in [-0.25, -0.2) is 9.87 Å². The van der Waals surface area contributed by atoms with Gasteiger partial charge in [0.15, 0.2) is 0 Å². The molecule has 0 aliphatic heterocycles. The van der Waals surface area contributed by atoms with Gasteiger partial charge in [0, 0.05) is 28.1 Å². The van der Waals surface area contributed by atoms with Crippen molar-refractivity contribution in [2.45, 2.75) is 19.1 Å². The van der Waals surface area contributed by atoms with Crippen molar-refractivity contribution < 1.29 is 29.1 Å². The highest BCUT2D eigenvalue weighted by molar-refractivity contribution is 5.97. The molecule has 0 heterocycles. The predicted octanol–water partition coefficient (Wildman–Crippen LogP) is 2.26. The highest BCUT2D eigenvalue weighted by Gasteiger charge is 2.25. The first-order chi connectivity index (χ1) is 18.7. The Morgan fingerprint density at radius 3 is 1.92 bits per heavy atom. The summed E-state index contributed by atoms with van der Waals surface area (Å²) in [4.78, 5) is 36.0. The number of hydroxylamine groups is 1. The first-order valence-electron chi connectivity index (χ1n) is 11.7. The van der Waals surface area contributed by atoms with Crippen molar-refractivity contribution in [3.8, 4) is 23.7 Å². The average Bonchev–Trinajstić information content (AvgIpc) is 2.94. The molecule has 39 heavy (non-hydrogen) atoms. The van der Waals surface area contributed by atoms with Crippen molar-refractivity contribution in [1.29, 1.82) is 0 Å². The van der Waals surface area contributed by atoms with Crippen molar-refractivity contribution in [2.75, 3.05) is 17.2 Å². The number of anilines is 2. The third-order valence-electron chi connectivity index (χ3n) is 5.25. The second kappa shape index (κ2) is 14.0. The summed E-state index contributed by atoms with van der Waals surface area (Å²) in [5.74, 6) is 9.07. The van der Waals surface area contributed by atoms with Crippen LogP contribution in [0.15, 0.2) is 72.8 Å². The maximum atomic E-state index is 12.9. The van der Waals surface area contributed by atoms with Crippen LogP contribution in [0.5, 0.6) is 0 Å². The van der Waals surface area contributed by atoms with Gasteiger partial charge in [0.05, 0.1) is 12.6 Å². The van der Waals surface area contributed by atoms with E-state index in [0.29, 0.717) is 22.5 Å². The number of carbonyl (C=O) groups is 3. The van der Waals surface area contributed by atoms with Gasteiger partial charge < -0.3 is 21.1 Å². The summed E-state index contributed by atoms with van der Waals surface area (Å²) in [5.41, 5.74) is 4.17. The zero-order valence-corrected chi connectivity index (χ0v) is 20.8. The van der Waals surface area contributed by atoms with Gasteiger partial charge in [-0.15, -0.1) is 0 Å². The molecule has 3 aromatic carbocycles. The number of hydrogen-bond donors (Lipinski definition) is 6. The Kier molecular flexibility index (Phi) is 10.2. The van der Waals surface area contributed by atoms with E-state index in [1.807, 2.05) is 0 Å². The second-order valence-corrected chi connectivity index (χ2v) is 8.23. The monoisotopic (exact) mass is 528 g/mol. The molecule has 3 aromatic rings. The standard InChI is InChI=1S/C29H25FN4O5/c1-19(35)27(29(38)34-39)33-28(37)22-10-6-20(7-11-22)4-2-3-5-21-8-14-25(15-9-21)32-26(36)18-31-24-16-12-23(30)13-17-24/h6-17,19,27,31,35,39H,18H2,1H3,(H,32,36)(H,33,37)(H,34,38). The lowest BCUT2D eigenvalue weighted by Gasteiger charge is -2.19. The number of rotatable bonds is 8. The largest absolute Gasteiger partial charge is 0.391 e. The molecular formula is C29H25FN4O5. The Hall–Kier alpha value is -5.16. The number of aliphatic hydroxyl groups is 1.